The largest absolute Gasteiger partial charge is 0.310 e. The van der Waals surface area contributed by atoms with Gasteiger partial charge in [-0.05, 0) is 26.0 Å². The van der Waals surface area contributed by atoms with Gasteiger partial charge in [-0.3, -0.25) is 9.20 Å². The number of rotatable bonds is 5. The minimum absolute atomic E-state index is 0.104. The Morgan fingerprint density at radius 2 is 2.16 bits per heavy atom. The molecule has 4 aromatic rings. The first-order valence-electron chi connectivity index (χ1n) is 7.91. The highest BCUT2D eigenvalue weighted by Gasteiger charge is 2.14. The fraction of sp³-hybridized carbons (Fsp3) is 0.250. The fourth-order valence-electron chi connectivity index (χ4n) is 2.67. The number of amides is 1. The van der Waals surface area contributed by atoms with Crippen LogP contribution in [0.2, 0.25) is 0 Å². The average molecular weight is 355 g/mol. The zero-order chi connectivity index (χ0) is 17.4. The normalized spacial score (nSPS) is 11.6. The van der Waals surface area contributed by atoms with Gasteiger partial charge in [-0.25, -0.2) is 14.8 Å². The van der Waals surface area contributed by atoms with Gasteiger partial charge in [-0.15, -0.1) is 5.10 Å². The van der Waals surface area contributed by atoms with Crippen LogP contribution >= 0.6 is 11.8 Å². The Bertz CT molecular complexity index is 1050. The molecule has 0 atom stereocenters. The maximum Gasteiger partial charge on any atom is 0.235 e. The second-order valence-electron chi connectivity index (χ2n) is 5.86. The number of anilines is 1. The Labute approximate surface area is 147 Å². The zero-order valence-corrected chi connectivity index (χ0v) is 14.6. The third-order valence-electron chi connectivity index (χ3n) is 3.76. The topological polar surface area (TPSA) is 92.9 Å². The van der Waals surface area contributed by atoms with Gasteiger partial charge in [-0.1, -0.05) is 23.9 Å². The molecule has 8 nitrogen and oxygen atoms in total. The van der Waals surface area contributed by atoms with Crippen LogP contribution in [0, 0.1) is 0 Å². The van der Waals surface area contributed by atoms with E-state index in [1.165, 1.54) is 11.8 Å². The second kappa shape index (κ2) is 6.25. The van der Waals surface area contributed by atoms with E-state index in [0.717, 1.165) is 11.0 Å². The van der Waals surface area contributed by atoms with Crippen LogP contribution in [0.15, 0.2) is 41.7 Å². The Morgan fingerprint density at radius 3 is 3.00 bits per heavy atom. The molecule has 4 rings (SSSR count). The summed E-state index contributed by atoms with van der Waals surface area (Å²) in [6.07, 6.45) is 1.68. The number of aromatic nitrogens is 6. The van der Waals surface area contributed by atoms with Gasteiger partial charge in [0.1, 0.15) is 5.82 Å². The van der Waals surface area contributed by atoms with Gasteiger partial charge in [0.25, 0.3) is 0 Å². The lowest BCUT2D eigenvalue weighted by Crippen LogP contribution is -2.18. The first-order valence-corrected chi connectivity index (χ1v) is 8.90. The Kier molecular flexibility index (Phi) is 3.92. The molecular weight excluding hydrogens is 338 g/mol. The van der Waals surface area contributed by atoms with E-state index in [0.29, 0.717) is 16.8 Å². The van der Waals surface area contributed by atoms with Crippen molar-refractivity contribution in [1.82, 2.24) is 29.4 Å². The Morgan fingerprint density at radius 1 is 1.32 bits per heavy atom. The molecule has 0 bridgehead atoms. The first-order chi connectivity index (χ1) is 12.1. The Hall–Kier alpha value is -2.81. The fourth-order valence-corrected chi connectivity index (χ4v) is 3.43. The van der Waals surface area contributed by atoms with Crippen LogP contribution < -0.4 is 5.32 Å². The predicted octanol–water partition coefficient (Wildman–Crippen LogP) is 2.72. The van der Waals surface area contributed by atoms with E-state index in [9.17, 15) is 4.79 Å². The molecule has 128 valence electrons. The number of fused-ring (bicyclic) bond motifs is 3. The molecular formula is C16H17N7OS. The number of nitrogens with one attached hydrogen (secondary N) is 2. The highest BCUT2D eigenvalue weighted by atomic mass is 32.2. The highest BCUT2D eigenvalue weighted by Crippen LogP contribution is 2.23. The maximum atomic E-state index is 12.3. The number of nitrogens with zero attached hydrogens (tertiary/aromatic N) is 5. The molecule has 1 amide bonds. The van der Waals surface area contributed by atoms with Crippen LogP contribution in [0.4, 0.5) is 5.82 Å². The number of para-hydroxylation sites is 2. The molecule has 0 saturated heterocycles. The summed E-state index contributed by atoms with van der Waals surface area (Å²) in [5.41, 5.74) is 1.86. The number of hydrogen-bond acceptors (Lipinski definition) is 5. The maximum absolute atomic E-state index is 12.3. The molecule has 0 aliphatic heterocycles. The molecule has 0 fully saturated rings. The van der Waals surface area contributed by atoms with E-state index in [2.05, 4.69) is 25.6 Å². The van der Waals surface area contributed by atoms with Crippen molar-refractivity contribution < 1.29 is 4.79 Å². The number of imidazole rings is 1. The first kappa shape index (κ1) is 15.7. The number of thioether (sulfide) groups is 1. The van der Waals surface area contributed by atoms with Gasteiger partial charge in [0, 0.05) is 12.1 Å². The standard InChI is InChI=1S/C16H17N7OS/c1-10(2)23-13(7-8-17-23)19-14(24)9-25-16-21-20-15-18-11-5-3-4-6-12(11)22(15)16/h3-8,10H,9H2,1-2H3,(H,18,20)(H,19,24). The molecule has 0 saturated carbocycles. The molecule has 9 heteroatoms. The molecule has 3 aromatic heterocycles. The van der Waals surface area contributed by atoms with E-state index < -0.39 is 0 Å². The smallest absolute Gasteiger partial charge is 0.235 e. The molecule has 0 unspecified atom stereocenters. The molecule has 0 aliphatic carbocycles. The number of hydrogen-bond donors (Lipinski definition) is 2. The van der Waals surface area contributed by atoms with Gasteiger partial charge in [-0.2, -0.15) is 5.10 Å². The average Bonchev–Trinajstić information content (AvgIpc) is 3.27. The number of H-pyrrole nitrogens is 1. The summed E-state index contributed by atoms with van der Waals surface area (Å²) in [6, 6.07) is 9.80. The summed E-state index contributed by atoms with van der Waals surface area (Å²) in [6.45, 7) is 4.03. The number of carbonyl (C=O) groups is 1. The van der Waals surface area contributed by atoms with Crippen molar-refractivity contribution in [2.45, 2.75) is 25.0 Å². The van der Waals surface area contributed by atoms with Crippen LogP contribution in [0.1, 0.15) is 19.9 Å². The predicted molar refractivity (Wildman–Crippen MR) is 96.8 cm³/mol. The van der Waals surface area contributed by atoms with E-state index in [4.69, 9.17) is 0 Å². The van der Waals surface area contributed by atoms with Gasteiger partial charge < -0.3 is 5.32 Å². The zero-order valence-electron chi connectivity index (χ0n) is 13.8. The number of benzene rings is 1. The van der Waals surface area contributed by atoms with Gasteiger partial charge in [0.05, 0.1) is 23.0 Å². The highest BCUT2D eigenvalue weighted by molar-refractivity contribution is 7.99. The van der Waals surface area contributed by atoms with Gasteiger partial charge in [0.2, 0.25) is 11.7 Å². The SMILES string of the molecule is CC(C)n1nccc1NC(=O)CSc1n[nH]c2nc3ccccc3n12. The van der Waals surface area contributed by atoms with Crippen molar-refractivity contribution in [2.24, 2.45) is 0 Å². The van der Waals surface area contributed by atoms with Gasteiger partial charge >= 0.3 is 0 Å². The lowest BCUT2D eigenvalue weighted by atomic mass is 10.3. The molecule has 0 spiro atoms. The summed E-state index contributed by atoms with van der Waals surface area (Å²) in [5.74, 6) is 1.51. The van der Waals surface area contributed by atoms with E-state index in [-0.39, 0.29) is 17.7 Å². The van der Waals surface area contributed by atoms with Crippen molar-refractivity contribution >= 4 is 40.3 Å². The van der Waals surface area contributed by atoms with Crippen LogP contribution in [-0.2, 0) is 4.79 Å². The minimum atomic E-state index is -0.104. The Balaban J connectivity index is 1.50. The number of aromatic amines is 1. The molecule has 0 radical (unpaired) electrons. The van der Waals surface area contributed by atoms with E-state index in [1.54, 1.807) is 16.9 Å². The lowest BCUT2D eigenvalue weighted by Gasteiger charge is -2.11. The second-order valence-corrected chi connectivity index (χ2v) is 6.80. The van der Waals surface area contributed by atoms with Crippen LogP contribution in [0.25, 0.3) is 16.8 Å². The lowest BCUT2D eigenvalue weighted by molar-refractivity contribution is -0.113. The van der Waals surface area contributed by atoms with E-state index >= 15 is 0 Å². The molecule has 2 N–H and O–H groups in total. The van der Waals surface area contributed by atoms with Crippen LogP contribution in [-0.4, -0.2) is 41.0 Å². The minimum Gasteiger partial charge on any atom is -0.310 e. The summed E-state index contributed by atoms with van der Waals surface area (Å²) in [4.78, 5) is 16.8. The summed E-state index contributed by atoms with van der Waals surface area (Å²) < 4.78 is 3.70. The summed E-state index contributed by atoms with van der Waals surface area (Å²) >= 11 is 1.36. The van der Waals surface area contributed by atoms with Crippen molar-refractivity contribution in [3.05, 3.63) is 36.5 Å². The quantitative estimate of drug-likeness (QED) is 0.537. The van der Waals surface area contributed by atoms with Crippen molar-refractivity contribution in [2.75, 3.05) is 11.1 Å². The molecule has 1 aromatic carbocycles. The third-order valence-corrected chi connectivity index (χ3v) is 4.70. The number of carbonyl (C=O) groups excluding carboxylic acids is 1. The van der Waals surface area contributed by atoms with E-state index in [1.807, 2.05) is 42.5 Å². The molecule has 25 heavy (non-hydrogen) atoms. The van der Waals surface area contributed by atoms with Crippen LogP contribution in [0.5, 0.6) is 0 Å². The monoisotopic (exact) mass is 355 g/mol. The summed E-state index contributed by atoms with van der Waals surface area (Å²) in [5, 5.41) is 15.0. The van der Waals surface area contributed by atoms with Crippen molar-refractivity contribution in [3.63, 3.8) is 0 Å². The third kappa shape index (κ3) is 2.86. The van der Waals surface area contributed by atoms with Crippen molar-refractivity contribution in [3.8, 4) is 0 Å². The van der Waals surface area contributed by atoms with Crippen LogP contribution in [0.3, 0.4) is 0 Å². The van der Waals surface area contributed by atoms with Gasteiger partial charge in [0.15, 0.2) is 5.16 Å². The molecule has 3 heterocycles. The van der Waals surface area contributed by atoms with Crippen molar-refractivity contribution in [1.29, 1.82) is 0 Å². The molecule has 0 aliphatic rings. The summed E-state index contributed by atoms with van der Waals surface area (Å²) in [7, 11) is 0.